The third kappa shape index (κ3) is 9.95. The van der Waals surface area contributed by atoms with Crippen molar-refractivity contribution < 1.29 is 42.7 Å². The van der Waals surface area contributed by atoms with Crippen molar-refractivity contribution in [3.63, 3.8) is 0 Å². The summed E-state index contributed by atoms with van der Waals surface area (Å²) in [4.78, 5) is 25.4. The molecule has 6 atom stereocenters. The van der Waals surface area contributed by atoms with Crippen LogP contribution in [0.4, 0.5) is 0 Å². The summed E-state index contributed by atoms with van der Waals surface area (Å²) < 4.78 is 42.9. The number of esters is 2. The number of rotatable bonds is 13. The summed E-state index contributed by atoms with van der Waals surface area (Å²) in [6.07, 6.45) is -3.25. The Kier molecular flexibility index (Phi) is 12.0. The number of carbonyl (C=O) groups is 2. The number of carbonyl (C=O) groups excluding carboxylic acids is 2. The predicted octanol–water partition coefficient (Wildman–Crippen LogP) is 5.78. The van der Waals surface area contributed by atoms with E-state index in [9.17, 15) is 9.59 Å². The molecule has 5 rings (SSSR count). The molecule has 0 radical (unpaired) electrons. The van der Waals surface area contributed by atoms with Crippen LogP contribution in [-0.2, 0) is 62.6 Å². The fourth-order valence-electron chi connectivity index (χ4n) is 5.31. The fraction of sp³-hybridized carbons (Fsp3) is 0.459. The summed E-state index contributed by atoms with van der Waals surface area (Å²) in [6.45, 7) is 6.49. The minimum Gasteiger partial charge on any atom is -0.461 e. The van der Waals surface area contributed by atoms with Crippen LogP contribution in [0.25, 0.3) is 0 Å². The first kappa shape index (κ1) is 33.8. The zero-order chi connectivity index (χ0) is 32.4. The van der Waals surface area contributed by atoms with E-state index in [0.717, 1.165) is 16.7 Å². The van der Waals surface area contributed by atoms with Crippen molar-refractivity contribution in [2.45, 2.75) is 90.2 Å². The molecule has 2 heterocycles. The summed E-state index contributed by atoms with van der Waals surface area (Å²) in [5.74, 6) is -0.859. The first-order valence-electron chi connectivity index (χ1n) is 15.8. The number of hydrogen-bond acceptors (Lipinski definition) is 9. The minimum absolute atomic E-state index is 0.0352. The average Bonchev–Trinajstić information content (AvgIpc) is 3.06. The Balaban J connectivity index is 1.28. The Labute approximate surface area is 271 Å². The molecule has 46 heavy (non-hydrogen) atoms. The largest absolute Gasteiger partial charge is 0.461 e. The maximum absolute atomic E-state index is 12.8. The van der Waals surface area contributed by atoms with Crippen LogP contribution in [0, 0.1) is 5.41 Å². The molecule has 0 aliphatic carbocycles. The quantitative estimate of drug-likeness (QED) is 0.217. The van der Waals surface area contributed by atoms with Gasteiger partial charge in [0, 0.05) is 6.42 Å². The molecule has 0 spiro atoms. The molecule has 2 saturated heterocycles. The van der Waals surface area contributed by atoms with Crippen LogP contribution < -0.4 is 0 Å². The molecule has 3 aromatic rings. The van der Waals surface area contributed by atoms with Gasteiger partial charge in [0.25, 0.3) is 0 Å². The van der Waals surface area contributed by atoms with Gasteiger partial charge in [0.15, 0.2) is 12.4 Å². The van der Waals surface area contributed by atoms with Crippen molar-refractivity contribution in [1.29, 1.82) is 0 Å². The molecule has 3 aromatic carbocycles. The SMILES string of the molecule is CC(C)(C)C(=O)OC[C@H]1OC(=O)C[C@@H](O[C@H]2C[C@H](OCc3ccccc3)[C@H](OCc3ccccc3)CO2)[C@@H]1OCc1ccccc1. The molecule has 9 nitrogen and oxygen atoms in total. The molecule has 9 heteroatoms. The molecular formula is C37H44O9. The predicted molar refractivity (Wildman–Crippen MR) is 169 cm³/mol. The Morgan fingerprint density at radius 2 is 1.26 bits per heavy atom. The van der Waals surface area contributed by atoms with Crippen LogP contribution >= 0.6 is 0 Å². The number of hydrogen-bond donors (Lipinski definition) is 0. The monoisotopic (exact) mass is 632 g/mol. The fourth-order valence-corrected chi connectivity index (χ4v) is 5.31. The topological polar surface area (TPSA) is 98.8 Å². The first-order chi connectivity index (χ1) is 22.2. The van der Waals surface area contributed by atoms with Crippen molar-refractivity contribution in [2.75, 3.05) is 13.2 Å². The third-order valence-corrected chi connectivity index (χ3v) is 7.89. The smallest absolute Gasteiger partial charge is 0.311 e. The van der Waals surface area contributed by atoms with Gasteiger partial charge in [-0.25, -0.2) is 0 Å². The van der Waals surface area contributed by atoms with E-state index in [2.05, 4.69) is 0 Å². The summed E-state index contributed by atoms with van der Waals surface area (Å²) in [7, 11) is 0. The van der Waals surface area contributed by atoms with Crippen molar-refractivity contribution >= 4 is 11.9 Å². The average molecular weight is 633 g/mol. The summed E-state index contributed by atoms with van der Waals surface area (Å²) in [5, 5.41) is 0. The lowest BCUT2D eigenvalue weighted by Crippen LogP contribution is -2.54. The zero-order valence-corrected chi connectivity index (χ0v) is 26.7. The van der Waals surface area contributed by atoms with Crippen LogP contribution in [0.1, 0.15) is 50.3 Å². The molecule has 0 saturated carbocycles. The van der Waals surface area contributed by atoms with Crippen molar-refractivity contribution in [2.24, 2.45) is 5.41 Å². The van der Waals surface area contributed by atoms with Gasteiger partial charge in [0.05, 0.1) is 44.4 Å². The Bertz CT molecular complexity index is 1360. The maximum Gasteiger partial charge on any atom is 0.311 e. The van der Waals surface area contributed by atoms with Crippen LogP contribution in [-0.4, -0.2) is 62.0 Å². The highest BCUT2D eigenvalue weighted by molar-refractivity contribution is 5.75. The highest BCUT2D eigenvalue weighted by Crippen LogP contribution is 2.30. The number of ether oxygens (including phenoxy) is 7. The van der Waals surface area contributed by atoms with E-state index >= 15 is 0 Å². The Morgan fingerprint density at radius 3 is 1.80 bits per heavy atom. The van der Waals surface area contributed by atoms with Gasteiger partial charge >= 0.3 is 11.9 Å². The molecule has 0 amide bonds. The molecule has 2 aliphatic rings. The second kappa shape index (κ2) is 16.3. The standard InChI is InChI=1S/C37H44O9/c1-37(2,3)36(39)44-25-32-35(43-23-28-17-11-6-12-18-28)30(19-33(38)45-32)46-34-20-29(40-21-26-13-7-4-8-14-26)31(24-42-34)41-22-27-15-9-5-10-16-27/h4-18,29-32,34-35H,19-25H2,1-3H3/t29-,30+,31+,32+,34-,35-/m0/s1. The summed E-state index contributed by atoms with van der Waals surface area (Å²) in [5.41, 5.74) is 2.34. The van der Waals surface area contributed by atoms with Crippen LogP contribution in [0.15, 0.2) is 91.0 Å². The molecule has 2 fully saturated rings. The van der Waals surface area contributed by atoms with Crippen molar-refractivity contribution in [3.05, 3.63) is 108 Å². The van der Waals surface area contributed by atoms with Gasteiger partial charge in [-0.1, -0.05) is 91.0 Å². The molecule has 0 aromatic heterocycles. The third-order valence-electron chi connectivity index (χ3n) is 7.89. The summed E-state index contributed by atoms with van der Waals surface area (Å²) in [6, 6.07) is 29.6. The number of cyclic esters (lactones) is 1. The molecule has 0 N–H and O–H groups in total. The van der Waals surface area contributed by atoms with Gasteiger partial charge in [-0.3, -0.25) is 9.59 Å². The second-order valence-corrected chi connectivity index (χ2v) is 12.7. The molecule has 246 valence electrons. The van der Waals surface area contributed by atoms with E-state index in [0.29, 0.717) is 19.6 Å². The van der Waals surface area contributed by atoms with Gasteiger partial charge in [0.1, 0.15) is 24.9 Å². The number of benzene rings is 3. The lowest BCUT2D eigenvalue weighted by Gasteiger charge is -2.41. The molecule has 0 bridgehead atoms. The zero-order valence-electron chi connectivity index (χ0n) is 26.7. The van der Waals surface area contributed by atoms with E-state index in [-0.39, 0.29) is 38.4 Å². The van der Waals surface area contributed by atoms with Crippen LogP contribution in [0.5, 0.6) is 0 Å². The first-order valence-corrected chi connectivity index (χ1v) is 15.8. The van der Waals surface area contributed by atoms with Crippen molar-refractivity contribution in [3.8, 4) is 0 Å². The van der Waals surface area contributed by atoms with Gasteiger partial charge in [-0.05, 0) is 37.5 Å². The van der Waals surface area contributed by atoms with E-state index < -0.39 is 42.0 Å². The highest BCUT2D eigenvalue weighted by Gasteiger charge is 2.44. The van der Waals surface area contributed by atoms with E-state index in [1.54, 1.807) is 20.8 Å². The van der Waals surface area contributed by atoms with Gasteiger partial charge in [0.2, 0.25) is 0 Å². The van der Waals surface area contributed by atoms with Crippen LogP contribution in [0.2, 0.25) is 0 Å². The molecule has 0 unspecified atom stereocenters. The van der Waals surface area contributed by atoms with Gasteiger partial charge in [-0.2, -0.15) is 0 Å². The second-order valence-electron chi connectivity index (χ2n) is 12.7. The lowest BCUT2D eigenvalue weighted by atomic mass is 9.97. The molecule has 2 aliphatic heterocycles. The Morgan fingerprint density at radius 1 is 0.739 bits per heavy atom. The summed E-state index contributed by atoms with van der Waals surface area (Å²) >= 11 is 0. The highest BCUT2D eigenvalue weighted by atomic mass is 16.7. The van der Waals surface area contributed by atoms with E-state index in [4.69, 9.17) is 33.2 Å². The van der Waals surface area contributed by atoms with Crippen molar-refractivity contribution in [1.82, 2.24) is 0 Å². The Hall–Kier alpha value is -3.60. The normalized spacial score (nSPS) is 25.1. The van der Waals surface area contributed by atoms with Gasteiger partial charge in [-0.15, -0.1) is 0 Å². The van der Waals surface area contributed by atoms with Crippen LogP contribution in [0.3, 0.4) is 0 Å². The molecular weight excluding hydrogens is 588 g/mol. The van der Waals surface area contributed by atoms with Gasteiger partial charge < -0.3 is 33.2 Å². The minimum atomic E-state index is -0.850. The maximum atomic E-state index is 12.8. The lowest BCUT2D eigenvalue weighted by molar-refractivity contribution is -0.277. The van der Waals surface area contributed by atoms with E-state index in [1.165, 1.54) is 0 Å². The van der Waals surface area contributed by atoms with E-state index in [1.807, 2.05) is 91.0 Å².